The van der Waals surface area contributed by atoms with Gasteiger partial charge in [-0.3, -0.25) is 9.69 Å². The fourth-order valence-electron chi connectivity index (χ4n) is 3.94. The van der Waals surface area contributed by atoms with Gasteiger partial charge in [-0.15, -0.1) is 12.4 Å². The number of hydrogen-bond donors (Lipinski definition) is 2. The molecule has 0 aromatic heterocycles. The molecule has 30 heavy (non-hydrogen) atoms. The van der Waals surface area contributed by atoms with E-state index in [9.17, 15) is 14.0 Å². The smallest absolute Gasteiger partial charge is 0.321 e. The Hall–Kier alpha value is -2.64. The van der Waals surface area contributed by atoms with Crippen LogP contribution in [0.4, 0.5) is 14.9 Å². The number of anilines is 1. The molecule has 2 aliphatic heterocycles. The lowest BCUT2D eigenvalue weighted by Crippen LogP contribution is -2.48. The molecule has 4 rings (SSSR count). The standard InChI is InChI=1S/C22H25FN4O2.ClH/c1-2-15-3-5-16(6-4-15)20-14-24-9-11-27(20)21(28)18-13-17(7-8-19(18)23)26-12-10-25-22(26)29;/h3-8,13,20,24H,2,9-12,14H2,1H3,(H,25,29);1H. The van der Waals surface area contributed by atoms with Crippen LogP contribution in [-0.2, 0) is 6.42 Å². The highest BCUT2D eigenvalue weighted by molar-refractivity contribution is 5.99. The van der Waals surface area contributed by atoms with Crippen molar-refractivity contribution >= 4 is 30.0 Å². The maximum atomic E-state index is 14.6. The molecule has 2 aromatic rings. The Morgan fingerprint density at radius 2 is 1.90 bits per heavy atom. The highest BCUT2D eigenvalue weighted by Crippen LogP contribution is 2.27. The van der Waals surface area contributed by atoms with Crippen molar-refractivity contribution in [2.75, 3.05) is 37.6 Å². The monoisotopic (exact) mass is 432 g/mol. The number of rotatable bonds is 4. The van der Waals surface area contributed by atoms with E-state index >= 15 is 0 Å². The minimum atomic E-state index is -0.572. The summed E-state index contributed by atoms with van der Waals surface area (Å²) < 4.78 is 14.6. The molecular formula is C22H26ClFN4O2. The van der Waals surface area contributed by atoms with Gasteiger partial charge in [-0.2, -0.15) is 0 Å². The summed E-state index contributed by atoms with van der Waals surface area (Å²) in [6.45, 7) is 4.90. The number of halogens is 2. The van der Waals surface area contributed by atoms with Crippen molar-refractivity contribution < 1.29 is 14.0 Å². The average molecular weight is 433 g/mol. The molecular weight excluding hydrogens is 407 g/mol. The van der Waals surface area contributed by atoms with Gasteiger partial charge in [0.25, 0.3) is 5.91 Å². The lowest BCUT2D eigenvalue weighted by atomic mass is 9.99. The van der Waals surface area contributed by atoms with Crippen LogP contribution in [0.25, 0.3) is 0 Å². The van der Waals surface area contributed by atoms with Crippen molar-refractivity contribution in [3.05, 3.63) is 65.0 Å². The molecule has 2 N–H and O–H groups in total. The van der Waals surface area contributed by atoms with Crippen LogP contribution >= 0.6 is 12.4 Å². The third-order valence-corrected chi connectivity index (χ3v) is 5.63. The van der Waals surface area contributed by atoms with Crippen molar-refractivity contribution in [1.29, 1.82) is 0 Å². The van der Waals surface area contributed by atoms with Crippen LogP contribution in [0.15, 0.2) is 42.5 Å². The Kier molecular flexibility index (Phi) is 6.95. The molecule has 0 aliphatic carbocycles. The van der Waals surface area contributed by atoms with Crippen LogP contribution in [0.1, 0.15) is 34.5 Å². The largest absolute Gasteiger partial charge is 0.336 e. The quantitative estimate of drug-likeness (QED) is 0.780. The zero-order valence-electron chi connectivity index (χ0n) is 16.9. The molecule has 6 nitrogen and oxygen atoms in total. The third kappa shape index (κ3) is 4.27. The number of urea groups is 1. The number of benzene rings is 2. The van der Waals surface area contributed by atoms with Gasteiger partial charge in [0.15, 0.2) is 0 Å². The van der Waals surface area contributed by atoms with E-state index in [1.165, 1.54) is 28.7 Å². The summed E-state index contributed by atoms with van der Waals surface area (Å²) in [7, 11) is 0. The lowest BCUT2D eigenvalue weighted by molar-refractivity contribution is 0.0629. The van der Waals surface area contributed by atoms with Gasteiger partial charge in [0.1, 0.15) is 5.82 Å². The number of amides is 3. The molecule has 2 saturated heterocycles. The number of nitrogens with zero attached hydrogens (tertiary/aromatic N) is 2. The number of aryl methyl sites for hydroxylation is 1. The molecule has 0 bridgehead atoms. The highest BCUT2D eigenvalue weighted by atomic mass is 35.5. The summed E-state index contributed by atoms with van der Waals surface area (Å²) in [4.78, 5) is 28.5. The molecule has 0 spiro atoms. The molecule has 2 heterocycles. The van der Waals surface area contributed by atoms with Crippen LogP contribution in [0.5, 0.6) is 0 Å². The van der Waals surface area contributed by atoms with E-state index in [1.807, 2.05) is 12.1 Å². The molecule has 160 valence electrons. The number of hydrogen-bond acceptors (Lipinski definition) is 3. The van der Waals surface area contributed by atoms with Gasteiger partial charge in [0.2, 0.25) is 0 Å². The van der Waals surface area contributed by atoms with Crippen molar-refractivity contribution in [2.45, 2.75) is 19.4 Å². The minimum Gasteiger partial charge on any atom is -0.336 e. The lowest BCUT2D eigenvalue weighted by Gasteiger charge is -2.37. The van der Waals surface area contributed by atoms with E-state index < -0.39 is 5.82 Å². The zero-order valence-corrected chi connectivity index (χ0v) is 17.7. The van der Waals surface area contributed by atoms with E-state index in [-0.39, 0.29) is 36.0 Å². The fraction of sp³-hybridized carbons (Fsp3) is 0.364. The second-order valence-corrected chi connectivity index (χ2v) is 7.36. The Balaban J connectivity index is 0.00000256. The Morgan fingerprint density at radius 3 is 2.57 bits per heavy atom. The molecule has 0 radical (unpaired) electrons. The van der Waals surface area contributed by atoms with Gasteiger partial charge in [-0.1, -0.05) is 31.2 Å². The number of piperazine rings is 1. The van der Waals surface area contributed by atoms with Crippen molar-refractivity contribution in [1.82, 2.24) is 15.5 Å². The van der Waals surface area contributed by atoms with E-state index in [1.54, 1.807) is 4.90 Å². The maximum Gasteiger partial charge on any atom is 0.321 e. The van der Waals surface area contributed by atoms with Crippen LogP contribution in [0.3, 0.4) is 0 Å². The van der Waals surface area contributed by atoms with Gasteiger partial charge in [-0.25, -0.2) is 9.18 Å². The SMILES string of the molecule is CCc1ccc(C2CNCCN2C(=O)c2cc(N3CCNC3=O)ccc2F)cc1.Cl. The first kappa shape index (κ1) is 22.1. The van der Waals surface area contributed by atoms with Crippen molar-refractivity contribution in [3.8, 4) is 0 Å². The minimum absolute atomic E-state index is 0. The number of carbonyl (C=O) groups excluding carboxylic acids is 2. The van der Waals surface area contributed by atoms with E-state index in [4.69, 9.17) is 0 Å². The van der Waals surface area contributed by atoms with Gasteiger partial charge in [0.05, 0.1) is 11.6 Å². The first-order valence-electron chi connectivity index (χ1n) is 10.0. The molecule has 2 aliphatic rings. The second kappa shape index (κ2) is 9.45. The van der Waals surface area contributed by atoms with Crippen LogP contribution in [0.2, 0.25) is 0 Å². The normalized spacial score (nSPS) is 18.7. The Labute approximate surface area is 181 Å². The summed E-state index contributed by atoms with van der Waals surface area (Å²) in [6, 6.07) is 12.1. The van der Waals surface area contributed by atoms with Crippen LogP contribution in [-0.4, -0.2) is 49.6 Å². The van der Waals surface area contributed by atoms with E-state index in [2.05, 4.69) is 29.7 Å². The molecule has 3 amide bonds. The second-order valence-electron chi connectivity index (χ2n) is 7.36. The van der Waals surface area contributed by atoms with Crippen LogP contribution in [0, 0.1) is 5.82 Å². The van der Waals surface area contributed by atoms with E-state index in [0.29, 0.717) is 38.4 Å². The highest BCUT2D eigenvalue weighted by Gasteiger charge is 2.31. The molecule has 2 fully saturated rings. The Morgan fingerprint density at radius 1 is 1.13 bits per heavy atom. The summed E-state index contributed by atoms with van der Waals surface area (Å²) >= 11 is 0. The predicted octanol–water partition coefficient (Wildman–Crippen LogP) is 3.13. The topological polar surface area (TPSA) is 64.7 Å². The van der Waals surface area contributed by atoms with Crippen LogP contribution < -0.4 is 15.5 Å². The summed E-state index contributed by atoms with van der Waals surface area (Å²) in [5.41, 5.74) is 2.79. The number of nitrogens with one attached hydrogen (secondary N) is 2. The molecule has 0 saturated carbocycles. The average Bonchev–Trinajstić information content (AvgIpc) is 3.19. The first-order chi connectivity index (χ1) is 14.1. The molecule has 2 aromatic carbocycles. The predicted molar refractivity (Wildman–Crippen MR) is 117 cm³/mol. The first-order valence-corrected chi connectivity index (χ1v) is 10.0. The van der Waals surface area contributed by atoms with Gasteiger partial charge < -0.3 is 15.5 Å². The van der Waals surface area contributed by atoms with Crippen molar-refractivity contribution in [3.63, 3.8) is 0 Å². The zero-order chi connectivity index (χ0) is 20.4. The summed E-state index contributed by atoms with van der Waals surface area (Å²) in [6.07, 6.45) is 0.952. The Bertz CT molecular complexity index is 922. The number of carbonyl (C=O) groups is 2. The maximum absolute atomic E-state index is 14.6. The van der Waals surface area contributed by atoms with E-state index in [0.717, 1.165) is 12.0 Å². The molecule has 8 heteroatoms. The van der Waals surface area contributed by atoms with Gasteiger partial charge >= 0.3 is 6.03 Å². The molecule has 1 unspecified atom stereocenters. The van der Waals surface area contributed by atoms with Crippen molar-refractivity contribution in [2.24, 2.45) is 0 Å². The summed E-state index contributed by atoms with van der Waals surface area (Å²) in [5.74, 6) is -0.924. The van der Waals surface area contributed by atoms with Gasteiger partial charge in [-0.05, 0) is 35.7 Å². The van der Waals surface area contributed by atoms with Gasteiger partial charge in [0, 0.05) is 38.4 Å². The molecule has 1 atom stereocenters. The summed E-state index contributed by atoms with van der Waals surface area (Å²) in [5, 5.41) is 6.05. The fourth-order valence-corrected chi connectivity index (χ4v) is 3.94. The third-order valence-electron chi connectivity index (χ3n) is 5.63.